The van der Waals surface area contributed by atoms with Gasteiger partial charge < -0.3 is 14.5 Å². The Balaban J connectivity index is 1.98. The molecule has 0 saturated heterocycles. The third-order valence-electron chi connectivity index (χ3n) is 3.64. The first-order valence-electron chi connectivity index (χ1n) is 8.99. The molecule has 0 aliphatic rings. The molecule has 1 heterocycles. The maximum Gasteiger partial charge on any atom is 0.338 e. The molecule has 1 unspecified atom stereocenters. The van der Waals surface area contributed by atoms with Crippen LogP contribution in [0.1, 0.15) is 48.3 Å². The number of rotatable bonds is 10. The molecule has 0 saturated carbocycles. The fourth-order valence-corrected chi connectivity index (χ4v) is 3.55. The number of carbonyl (C=O) groups is 1. The van der Waals surface area contributed by atoms with Gasteiger partial charge >= 0.3 is 5.97 Å². The summed E-state index contributed by atoms with van der Waals surface area (Å²) in [5, 5.41) is 0. The number of aromatic amines is 1. The molecule has 2 rings (SSSR count). The zero-order valence-corrected chi connectivity index (χ0v) is 16.5. The van der Waals surface area contributed by atoms with Crippen molar-refractivity contribution in [3.05, 3.63) is 63.6 Å². The lowest BCUT2D eigenvalue weighted by atomic mass is 10.1. The van der Waals surface area contributed by atoms with Crippen LogP contribution in [0.4, 0.5) is 0 Å². The van der Waals surface area contributed by atoms with Crippen LogP contribution in [0.3, 0.4) is 0 Å². The number of aromatic nitrogens is 1. The van der Waals surface area contributed by atoms with Crippen LogP contribution >= 0.6 is 0 Å². The Kier molecular flexibility index (Phi) is 8.26. The molecule has 0 spiro atoms. The number of H-pyrrole nitrogens is 1. The molecule has 1 atom stereocenters. The Labute approximate surface area is 161 Å². The highest BCUT2D eigenvalue weighted by atomic mass is 32.2. The zero-order chi connectivity index (χ0) is 19.6. The van der Waals surface area contributed by atoms with Crippen molar-refractivity contribution in [3.8, 4) is 5.75 Å². The highest BCUT2D eigenvalue weighted by Gasteiger charge is 2.10. The molecule has 0 aliphatic heterocycles. The summed E-state index contributed by atoms with van der Waals surface area (Å²) in [4.78, 5) is 26.9. The number of benzene rings is 1. The van der Waals surface area contributed by atoms with Crippen molar-refractivity contribution in [1.29, 1.82) is 0 Å². The predicted molar refractivity (Wildman–Crippen MR) is 105 cm³/mol. The number of esters is 1. The lowest BCUT2D eigenvalue weighted by Gasteiger charge is -2.07. The van der Waals surface area contributed by atoms with Crippen molar-refractivity contribution in [2.24, 2.45) is 0 Å². The highest BCUT2D eigenvalue weighted by molar-refractivity contribution is 7.83. The fourth-order valence-electron chi connectivity index (χ4n) is 2.39. The lowest BCUT2D eigenvalue weighted by molar-refractivity contribution is 0.0505. The summed E-state index contributed by atoms with van der Waals surface area (Å²) < 4.78 is 22.9. The number of hydrogen-bond acceptors (Lipinski definition) is 5. The average Bonchev–Trinajstić information content (AvgIpc) is 2.65. The van der Waals surface area contributed by atoms with Crippen molar-refractivity contribution in [2.75, 3.05) is 13.2 Å². The largest absolute Gasteiger partial charge is 0.488 e. The SMILES string of the molecule is CCCOC(=O)c1cccc(CS(=O)Cc2cc(=O)c(OCCC)c[nH]2)c1. The number of carbonyl (C=O) groups excluding carboxylic acids is 1. The van der Waals surface area contributed by atoms with E-state index in [1.807, 2.05) is 19.9 Å². The van der Waals surface area contributed by atoms with Gasteiger partial charge in [-0.2, -0.15) is 0 Å². The van der Waals surface area contributed by atoms with Gasteiger partial charge in [-0.15, -0.1) is 0 Å². The van der Waals surface area contributed by atoms with Crippen LogP contribution in [-0.2, 0) is 27.0 Å². The third-order valence-corrected chi connectivity index (χ3v) is 4.93. The van der Waals surface area contributed by atoms with Gasteiger partial charge in [0, 0.05) is 34.5 Å². The third kappa shape index (κ3) is 6.67. The average molecular weight is 391 g/mol. The van der Waals surface area contributed by atoms with Gasteiger partial charge in [0.15, 0.2) is 5.75 Å². The van der Waals surface area contributed by atoms with Crippen molar-refractivity contribution in [3.63, 3.8) is 0 Å². The molecule has 6 nitrogen and oxygen atoms in total. The second kappa shape index (κ2) is 10.7. The molecular formula is C20H25NO5S. The maximum absolute atomic E-state index is 12.4. The quantitative estimate of drug-likeness (QED) is 0.629. The topological polar surface area (TPSA) is 85.5 Å². The molecule has 0 aliphatic carbocycles. The second-order valence-electron chi connectivity index (χ2n) is 6.10. The summed E-state index contributed by atoms with van der Waals surface area (Å²) in [5.41, 5.74) is 1.59. The first-order chi connectivity index (χ1) is 13.0. The number of hydrogen-bond donors (Lipinski definition) is 1. The van der Waals surface area contributed by atoms with Gasteiger partial charge in [-0.3, -0.25) is 9.00 Å². The van der Waals surface area contributed by atoms with Crippen molar-refractivity contribution < 1.29 is 18.5 Å². The Bertz CT molecular complexity index is 846. The summed E-state index contributed by atoms with van der Waals surface area (Å²) >= 11 is 0. The van der Waals surface area contributed by atoms with Crippen molar-refractivity contribution in [2.45, 2.75) is 38.2 Å². The molecule has 0 amide bonds. The minimum Gasteiger partial charge on any atom is -0.488 e. The van der Waals surface area contributed by atoms with Crippen LogP contribution < -0.4 is 10.2 Å². The van der Waals surface area contributed by atoms with E-state index in [4.69, 9.17) is 9.47 Å². The molecule has 27 heavy (non-hydrogen) atoms. The minimum absolute atomic E-state index is 0.216. The van der Waals surface area contributed by atoms with E-state index in [-0.39, 0.29) is 28.7 Å². The Morgan fingerprint density at radius 1 is 1.11 bits per heavy atom. The van der Waals surface area contributed by atoms with E-state index in [1.54, 1.807) is 18.2 Å². The van der Waals surface area contributed by atoms with E-state index in [1.165, 1.54) is 12.3 Å². The Hall–Kier alpha value is -2.41. The van der Waals surface area contributed by atoms with Gasteiger partial charge in [0.25, 0.3) is 0 Å². The van der Waals surface area contributed by atoms with Gasteiger partial charge in [0.05, 0.1) is 24.5 Å². The molecule has 2 aromatic rings. The van der Waals surface area contributed by atoms with Crippen LogP contribution in [0.25, 0.3) is 0 Å². The van der Waals surface area contributed by atoms with Crippen LogP contribution in [-0.4, -0.2) is 28.4 Å². The van der Waals surface area contributed by atoms with Crippen LogP contribution in [0.2, 0.25) is 0 Å². The second-order valence-corrected chi connectivity index (χ2v) is 7.56. The standard InChI is InChI=1S/C20H25NO5S/c1-3-8-25-19-12-21-17(11-18(19)22)14-27(24)13-15-6-5-7-16(10-15)20(23)26-9-4-2/h5-7,10-12H,3-4,8-9,13-14H2,1-2H3,(H,21,22). The fraction of sp³-hybridized carbons (Fsp3) is 0.400. The van der Waals surface area contributed by atoms with Crippen molar-refractivity contribution in [1.82, 2.24) is 4.98 Å². The molecule has 1 aromatic heterocycles. The molecule has 0 fully saturated rings. The molecule has 7 heteroatoms. The van der Waals surface area contributed by atoms with Crippen LogP contribution in [0.15, 0.2) is 41.3 Å². The molecule has 0 bridgehead atoms. The molecular weight excluding hydrogens is 366 g/mol. The van der Waals surface area contributed by atoms with Crippen LogP contribution in [0.5, 0.6) is 5.75 Å². The predicted octanol–water partition coefficient (Wildman–Crippen LogP) is 3.18. The van der Waals surface area contributed by atoms with E-state index in [0.29, 0.717) is 24.5 Å². The van der Waals surface area contributed by atoms with Gasteiger partial charge in [0.1, 0.15) is 0 Å². The number of ether oxygens (including phenoxy) is 2. The van der Waals surface area contributed by atoms with Crippen LogP contribution in [0, 0.1) is 0 Å². The van der Waals surface area contributed by atoms with Gasteiger partial charge in [-0.05, 0) is 30.5 Å². The summed E-state index contributed by atoms with van der Waals surface area (Å²) in [5.74, 6) is 0.389. The van der Waals surface area contributed by atoms with E-state index in [9.17, 15) is 13.8 Å². The first-order valence-corrected chi connectivity index (χ1v) is 10.5. The minimum atomic E-state index is -1.23. The summed E-state index contributed by atoms with van der Waals surface area (Å²) in [6.45, 7) is 4.75. The molecule has 146 valence electrons. The summed E-state index contributed by atoms with van der Waals surface area (Å²) in [6, 6.07) is 8.36. The Morgan fingerprint density at radius 3 is 2.59 bits per heavy atom. The smallest absolute Gasteiger partial charge is 0.338 e. The van der Waals surface area contributed by atoms with Gasteiger partial charge in [0.2, 0.25) is 5.43 Å². The zero-order valence-electron chi connectivity index (χ0n) is 15.7. The number of pyridine rings is 1. The first kappa shape index (κ1) is 20.9. The van der Waals surface area contributed by atoms with E-state index < -0.39 is 10.8 Å². The maximum atomic E-state index is 12.4. The van der Waals surface area contributed by atoms with Gasteiger partial charge in [-0.1, -0.05) is 26.0 Å². The summed E-state index contributed by atoms with van der Waals surface area (Å²) in [6.07, 6.45) is 3.08. The van der Waals surface area contributed by atoms with Gasteiger partial charge in [-0.25, -0.2) is 4.79 Å². The normalized spacial score (nSPS) is 11.8. The number of nitrogens with one attached hydrogen (secondary N) is 1. The van der Waals surface area contributed by atoms with E-state index in [2.05, 4.69) is 4.98 Å². The lowest BCUT2D eigenvalue weighted by Crippen LogP contribution is -2.11. The van der Waals surface area contributed by atoms with E-state index >= 15 is 0 Å². The molecule has 1 N–H and O–H groups in total. The molecule has 0 radical (unpaired) electrons. The van der Waals surface area contributed by atoms with E-state index in [0.717, 1.165) is 18.4 Å². The monoisotopic (exact) mass is 391 g/mol. The van der Waals surface area contributed by atoms with Crippen molar-refractivity contribution >= 4 is 16.8 Å². The molecule has 1 aromatic carbocycles. The summed E-state index contributed by atoms with van der Waals surface area (Å²) in [7, 11) is -1.23. The Morgan fingerprint density at radius 2 is 1.89 bits per heavy atom. The highest BCUT2D eigenvalue weighted by Crippen LogP contribution is 2.12.